The molecule has 2 amide bonds. The summed E-state index contributed by atoms with van der Waals surface area (Å²) < 4.78 is 4.99. The lowest BCUT2D eigenvalue weighted by atomic mass is 9.49. The zero-order valence-electron chi connectivity index (χ0n) is 17.5. The van der Waals surface area contributed by atoms with E-state index in [1.807, 2.05) is 30.3 Å². The lowest BCUT2D eigenvalue weighted by Gasteiger charge is -2.56. The van der Waals surface area contributed by atoms with Gasteiger partial charge in [0.1, 0.15) is 6.54 Å². The minimum Gasteiger partial charge on any atom is -0.454 e. The van der Waals surface area contributed by atoms with E-state index in [-0.39, 0.29) is 30.4 Å². The van der Waals surface area contributed by atoms with Crippen LogP contribution in [0.4, 0.5) is 0 Å². The van der Waals surface area contributed by atoms with Crippen molar-refractivity contribution in [3.05, 3.63) is 35.9 Å². The number of carbonyl (C=O) groups is 3. The molecule has 4 fully saturated rings. The zero-order chi connectivity index (χ0) is 21.0. The molecule has 1 aromatic rings. The molecule has 0 atom stereocenters. The first-order valence-corrected chi connectivity index (χ1v) is 11.2. The summed E-state index contributed by atoms with van der Waals surface area (Å²) in [6, 6.07) is 9.85. The van der Waals surface area contributed by atoms with Crippen LogP contribution < -0.4 is 10.6 Å². The Hall–Kier alpha value is -2.37. The van der Waals surface area contributed by atoms with Crippen molar-refractivity contribution in [2.24, 2.45) is 23.2 Å². The van der Waals surface area contributed by atoms with Crippen molar-refractivity contribution in [1.82, 2.24) is 10.6 Å². The van der Waals surface area contributed by atoms with Crippen molar-refractivity contribution >= 4 is 17.8 Å². The molecular weight excluding hydrogens is 380 g/mol. The first-order chi connectivity index (χ1) is 14.5. The minimum absolute atomic E-state index is 0.0683. The Labute approximate surface area is 178 Å². The van der Waals surface area contributed by atoms with Crippen LogP contribution in [0.5, 0.6) is 0 Å². The summed E-state index contributed by atoms with van der Waals surface area (Å²) in [6.45, 7) is -0.0108. The van der Waals surface area contributed by atoms with Gasteiger partial charge in [0.15, 0.2) is 6.61 Å². The number of esters is 1. The van der Waals surface area contributed by atoms with Gasteiger partial charge in [-0.25, -0.2) is 0 Å². The van der Waals surface area contributed by atoms with Gasteiger partial charge in [-0.05, 0) is 73.7 Å². The summed E-state index contributed by atoms with van der Waals surface area (Å²) in [6.07, 6.45) is 8.78. The fraction of sp³-hybridized carbons (Fsp3) is 0.625. The Balaban J connectivity index is 1.10. The molecule has 0 heterocycles. The summed E-state index contributed by atoms with van der Waals surface area (Å²) in [7, 11) is 0. The Morgan fingerprint density at radius 2 is 1.53 bits per heavy atom. The van der Waals surface area contributed by atoms with Gasteiger partial charge in [-0.1, -0.05) is 30.3 Å². The molecule has 0 aliphatic heterocycles. The van der Waals surface area contributed by atoms with Crippen molar-refractivity contribution in [3.8, 4) is 0 Å². The van der Waals surface area contributed by atoms with Gasteiger partial charge in [0, 0.05) is 13.0 Å². The van der Waals surface area contributed by atoms with Crippen LogP contribution in [0, 0.1) is 23.2 Å². The van der Waals surface area contributed by atoms with Crippen molar-refractivity contribution < 1.29 is 19.1 Å². The quantitative estimate of drug-likeness (QED) is 0.611. The van der Waals surface area contributed by atoms with Gasteiger partial charge in [0.25, 0.3) is 5.91 Å². The molecule has 0 spiro atoms. The predicted octanol–water partition coefficient (Wildman–Crippen LogP) is 2.61. The number of carbonyl (C=O) groups excluding carboxylic acids is 3. The standard InChI is InChI=1S/C24H32N2O4/c27-21(14-24-11-18-8-19(12-24)10-20(9-18)13-24)26-15-23(29)30-16-22(28)25-7-6-17-4-2-1-3-5-17/h1-5,18-20H,6-16H2,(H,25,28)(H,26,27). The van der Waals surface area contributed by atoms with Crippen LogP contribution in [0.25, 0.3) is 0 Å². The second-order valence-corrected chi connectivity index (χ2v) is 9.62. The Morgan fingerprint density at radius 3 is 2.17 bits per heavy atom. The molecule has 0 unspecified atom stereocenters. The van der Waals surface area contributed by atoms with Crippen molar-refractivity contribution in [3.63, 3.8) is 0 Å². The molecular formula is C24H32N2O4. The molecule has 2 N–H and O–H groups in total. The van der Waals surface area contributed by atoms with E-state index in [4.69, 9.17) is 4.74 Å². The number of hydrogen-bond donors (Lipinski definition) is 2. The average Bonchev–Trinajstić information content (AvgIpc) is 2.70. The molecule has 6 nitrogen and oxygen atoms in total. The molecule has 4 saturated carbocycles. The third-order valence-corrected chi connectivity index (χ3v) is 7.07. The largest absolute Gasteiger partial charge is 0.454 e. The molecule has 0 radical (unpaired) electrons. The maximum Gasteiger partial charge on any atom is 0.325 e. The first kappa shape index (κ1) is 20.9. The Kier molecular flexibility index (Phi) is 6.40. The molecule has 0 aromatic heterocycles. The van der Waals surface area contributed by atoms with Crippen LogP contribution in [-0.4, -0.2) is 37.5 Å². The number of ether oxygens (including phenoxy) is 1. The number of rotatable bonds is 9. The predicted molar refractivity (Wildman–Crippen MR) is 112 cm³/mol. The maximum absolute atomic E-state index is 12.4. The van der Waals surface area contributed by atoms with Crippen LogP contribution in [0.1, 0.15) is 50.5 Å². The SMILES string of the molecule is O=C(COC(=O)CNC(=O)CC12CC3CC(CC(C3)C1)C2)NCCc1ccccc1. The summed E-state index contributed by atoms with van der Waals surface area (Å²) in [5.41, 5.74) is 1.29. The second kappa shape index (κ2) is 9.19. The zero-order valence-corrected chi connectivity index (χ0v) is 17.5. The second-order valence-electron chi connectivity index (χ2n) is 9.62. The normalized spacial score (nSPS) is 28.7. The summed E-state index contributed by atoms with van der Waals surface area (Å²) in [5.74, 6) is 1.42. The van der Waals surface area contributed by atoms with Crippen LogP contribution in [0.2, 0.25) is 0 Å². The van der Waals surface area contributed by atoms with Gasteiger partial charge < -0.3 is 15.4 Å². The molecule has 4 aliphatic rings. The van der Waals surface area contributed by atoms with Crippen LogP contribution >= 0.6 is 0 Å². The van der Waals surface area contributed by atoms with E-state index < -0.39 is 5.97 Å². The smallest absolute Gasteiger partial charge is 0.325 e. The third kappa shape index (κ3) is 5.41. The summed E-state index contributed by atoms with van der Waals surface area (Å²) >= 11 is 0. The van der Waals surface area contributed by atoms with E-state index in [0.717, 1.165) is 29.7 Å². The van der Waals surface area contributed by atoms with Crippen LogP contribution in [-0.2, 0) is 25.5 Å². The Morgan fingerprint density at radius 1 is 0.900 bits per heavy atom. The monoisotopic (exact) mass is 412 g/mol. The lowest BCUT2D eigenvalue weighted by Crippen LogP contribution is -2.48. The topological polar surface area (TPSA) is 84.5 Å². The fourth-order valence-electron chi connectivity index (χ4n) is 6.32. The van der Waals surface area contributed by atoms with Crippen molar-refractivity contribution in [2.75, 3.05) is 19.7 Å². The lowest BCUT2D eigenvalue weighted by molar-refractivity contribution is -0.148. The molecule has 6 heteroatoms. The molecule has 0 saturated heterocycles. The number of nitrogens with one attached hydrogen (secondary N) is 2. The number of hydrogen-bond acceptors (Lipinski definition) is 4. The van der Waals surface area contributed by atoms with Gasteiger partial charge in [-0.2, -0.15) is 0 Å². The summed E-state index contributed by atoms with van der Waals surface area (Å²) in [5, 5.41) is 5.43. The highest BCUT2D eigenvalue weighted by Crippen LogP contribution is 2.61. The maximum atomic E-state index is 12.4. The van der Waals surface area contributed by atoms with E-state index in [0.29, 0.717) is 13.0 Å². The highest BCUT2D eigenvalue weighted by molar-refractivity contribution is 5.84. The highest BCUT2D eigenvalue weighted by atomic mass is 16.5. The van der Waals surface area contributed by atoms with Crippen molar-refractivity contribution in [1.29, 1.82) is 0 Å². The van der Waals surface area contributed by atoms with Gasteiger partial charge >= 0.3 is 5.97 Å². The van der Waals surface area contributed by atoms with E-state index >= 15 is 0 Å². The third-order valence-electron chi connectivity index (χ3n) is 7.07. The molecule has 1 aromatic carbocycles. The molecule has 5 rings (SSSR count). The van der Waals surface area contributed by atoms with Crippen molar-refractivity contribution in [2.45, 2.75) is 51.4 Å². The fourth-order valence-corrected chi connectivity index (χ4v) is 6.32. The molecule has 30 heavy (non-hydrogen) atoms. The molecule has 162 valence electrons. The molecule has 4 bridgehead atoms. The van der Waals surface area contributed by atoms with E-state index in [1.165, 1.54) is 38.5 Å². The van der Waals surface area contributed by atoms with Crippen LogP contribution in [0.15, 0.2) is 30.3 Å². The minimum atomic E-state index is -0.577. The van der Waals surface area contributed by atoms with E-state index in [1.54, 1.807) is 0 Å². The van der Waals surface area contributed by atoms with E-state index in [9.17, 15) is 14.4 Å². The summed E-state index contributed by atoms with van der Waals surface area (Å²) in [4.78, 5) is 36.2. The molecule has 4 aliphatic carbocycles. The van der Waals surface area contributed by atoms with Crippen LogP contribution in [0.3, 0.4) is 0 Å². The van der Waals surface area contributed by atoms with Gasteiger partial charge in [0.2, 0.25) is 5.91 Å². The van der Waals surface area contributed by atoms with Gasteiger partial charge in [-0.15, -0.1) is 0 Å². The Bertz CT molecular complexity index is 741. The number of benzene rings is 1. The highest BCUT2D eigenvalue weighted by Gasteiger charge is 2.51. The van der Waals surface area contributed by atoms with E-state index in [2.05, 4.69) is 10.6 Å². The number of amides is 2. The average molecular weight is 413 g/mol. The van der Waals surface area contributed by atoms with Gasteiger partial charge in [-0.3, -0.25) is 14.4 Å². The first-order valence-electron chi connectivity index (χ1n) is 11.2. The van der Waals surface area contributed by atoms with Gasteiger partial charge in [0.05, 0.1) is 0 Å².